The van der Waals surface area contributed by atoms with Crippen LogP contribution >= 0.6 is 0 Å². The number of nitrogens with zero attached hydrogens (tertiary/aromatic N) is 3. The number of primary amides is 1. The summed E-state index contributed by atoms with van der Waals surface area (Å²) in [5.74, 6) is -1.58. The van der Waals surface area contributed by atoms with Crippen molar-refractivity contribution in [2.75, 3.05) is 0 Å². The van der Waals surface area contributed by atoms with Crippen LogP contribution in [0.2, 0.25) is 0 Å². The summed E-state index contributed by atoms with van der Waals surface area (Å²) in [6.45, 7) is 0.146. The van der Waals surface area contributed by atoms with Crippen molar-refractivity contribution in [2.45, 2.75) is 31.7 Å². The molecule has 2 aromatic heterocycles. The van der Waals surface area contributed by atoms with Crippen LogP contribution < -0.4 is 5.73 Å². The minimum Gasteiger partial charge on any atom is -0.368 e. The number of aromatic amines is 1. The number of carbonyl (C=O) groups is 1. The second-order valence-electron chi connectivity index (χ2n) is 7.46. The number of hydrogen-bond acceptors (Lipinski definition) is 3. The molecule has 0 aliphatic heterocycles. The van der Waals surface area contributed by atoms with Crippen molar-refractivity contribution in [2.24, 2.45) is 5.73 Å². The zero-order valence-electron chi connectivity index (χ0n) is 16.5. The Morgan fingerprint density at radius 1 is 1.06 bits per heavy atom. The number of aromatic nitrogens is 4. The lowest BCUT2D eigenvalue weighted by Crippen LogP contribution is -2.17. The van der Waals surface area contributed by atoms with Crippen LogP contribution in [0.15, 0.2) is 49.1 Å². The molecule has 1 aliphatic carbocycles. The van der Waals surface area contributed by atoms with Gasteiger partial charge in [0.1, 0.15) is 36.7 Å². The molecular formula is C22H20F3N5O. The molecule has 0 atom stereocenters. The molecule has 9 heteroatoms. The molecule has 0 unspecified atom stereocenters. The van der Waals surface area contributed by atoms with Crippen LogP contribution in [0.5, 0.6) is 0 Å². The highest BCUT2D eigenvalue weighted by Crippen LogP contribution is 2.45. The summed E-state index contributed by atoms with van der Waals surface area (Å²) in [4.78, 5) is 13.3. The van der Waals surface area contributed by atoms with Crippen molar-refractivity contribution in [1.82, 2.24) is 19.7 Å². The average molecular weight is 427 g/mol. The third-order valence-corrected chi connectivity index (χ3v) is 5.32. The Hall–Kier alpha value is -3.62. The van der Waals surface area contributed by atoms with E-state index in [1.54, 1.807) is 12.1 Å². The van der Waals surface area contributed by atoms with E-state index in [-0.39, 0.29) is 12.4 Å². The Balaban J connectivity index is 0.000000217. The first kappa shape index (κ1) is 20.6. The van der Waals surface area contributed by atoms with Crippen LogP contribution in [0.3, 0.4) is 0 Å². The smallest absolute Gasteiger partial charge is 0.237 e. The molecule has 1 aliphatic rings. The molecule has 31 heavy (non-hydrogen) atoms. The number of hydrogen-bond donors (Lipinski definition) is 2. The van der Waals surface area contributed by atoms with E-state index in [0.717, 1.165) is 42.1 Å². The normalized spacial score (nSPS) is 13.5. The van der Waals surface area contributed by atoms with Crippen molar-refractivity contribution >= 4 is 16.8 Å². The van der Waals surface area contributed by atoms with Crippen molar-refractivity contribution in [3.05, 3.63) is 72.1 Å². The van der Waals surface area contributed by atoms with E-state index in [4.69, 9.17) is 5.73 Å². The Bertz CT molecular complexity index is 1200. The van der Waals surface area contributed by atoms with Gasteiger partial charge in [-0.2, -0.15) is 0 Å². The minimum atomic E-state index is -0.594. The topological polar surface area (TPSA) is 89.6 Å². The molecule has 2 aromatic carbocycles. The second kappa shape index (κ2) is 8.63. The van der Waals surface area contributed by atoms with E-state index >= 15 is 0 Å². The van der Waals surface area contributed by atoms with Crippen LogP contribution in [0.25, 0.3) is 22.2 Å². The largest absolute Gasteiger partial charge is 0.368 e. The minimum absolute atomic E-state index is 0.146. The highest BCUT2D eigenvalue weighted by molar-refractivity contribution is 5.92. The molecule has 0 saturated heterocycles. The molecule has 0 bridgehead atoms. The van der Waals surface area contributed by atoms with Crippen molar-refractivity contribution < 1.29 is 18.0 Å². The molecule has 4 aromatic rings. The maximum Gasteiger partial charge on any atom is 0.237 e. The highest BCUT2D eigenvalue weighted by Gasteiger charge is 2.27. The van der Waals surface area contributed by atoms with Gasteiger partial charge in [-0.25, -0.2) is 13.2 Å². The number of nitrogens with one attached hydrogen (secondary N) is 1. The van der Waals surface area contributed by atoms with Gasteiger partial charge in [-0.15, -0.1) is 10.2 Å². The van der Waals surface area contributed by atoms with Gasteiger partial charge in [-0.05, 0) is 60.2 Å². The van der Waals surface area contributed by atoms with Crippen LogP contribution in [-0.4, -0.2) is 25.7 Å². The SMILES string of the molecule is Fc1ccc(-c2[nH]c3c(F)cc(F)cc3c2C2CCC2)cc1.NC(=O)Cn1cnnc1. The fourth-order valence-corrected chi connectivity index (χ4v) is 3.69. The Labute approximate surface area is 175 Å². The summed E-state index contributed by atoms with van der Waals surface area (Å²) in [5, 5.41) is 7.56. The van der Waals surface area contributed by atoms with E-state index in [2.05, 4.69) is 15.2 Å². The van der Waals surface area contributed by atoms with Crippen LogP contribution in [-0.2, 0) is 11.3 Å². The molecule has 6 nitrogen and oxygen atoms in total. The molecule has 1 saturated carbocycles. The number of carbonyl (C=O) groups excluding carboxylic acids is 1. The van der Waals surface area contributed by atoms with E-state index in [1.807, 2.05) is 0 Å². The Kier molecular flexibility index (Phi) is 5.75. The Morgan fingerprint density at radius 2 is 1.74 bits per heavy atom. The summed E-state index contributed by atoms with van der Waals surface area (Å²) in [7, 11) is 0. The summed E-state index contributed by atoms with van der Waals surface area (Å²) in [5.41, 5.74) is 7.70. The molecule has 1 amide bonds. The van der Waals surface area contributed by atoms with Crippen LogP contribution in [0.1, 0.15) is 30.7 Å². The van der Waals surface area contributed by atoms with Gasteiger partial charge in [0.05, 0.1) is 11.2 Å². The van der Waals surface area contributed by atoms with Crippen molar-refractivity contribution in [1.29, 1.82) is 0 Å². The molecular weight excluding hydrogens is 407 g/mol. The summed E-state index contributed by atoms with van der Waals surface area (Å²) >= 11 is 0. The third-order valence-electron chi connectivity index (χ3n) is 5.32. The maximum absolute atomic E-state index is 14.1. The monoisotopic (exact) mass is 427 g/mol. The average Bonchev–Trinajstić information content (AvgIpc) is 3.30. The fourth-order valence-electron chi connectivity index (χ4n) is 3.69. The summed E-state index contributed by atoms with van der Waals surface area (Å²) in [6.07, 6.45) is 6.02. The summed E-state index contributed by atoms with van der Waals surface area (Å²) < 4.78 is 42.3. The first-order chi connectivity index (χ1) is 14.9. The van der Waals surface area contributed by atoms with Gasteiger partial charge in [0.15, 0.2) is 0 Å². The van der Waals surface area contributed by atoms with E-state index in [1.165, 1.54) is 35.4 Å². The number of nitrogens with two attached hydrogens (primary N) is 1. The molecule has 160 valence electrons. The lowest BCUT2D eigenvalue weighted by molar-refractivity contribution is -0.118. The van der Waals surface area contributed by atoms with Gasteiger partial charge in [0, 0.05) is 11.5 Å². The molecule has 5 rings (SSSR count). The fraction of sp³-hybridized carbons (Fsp3) is 0.227. The molecule has 2 heterocycles. The number of H-pyrrole nitrogens is 1. The van der Waals surface area contributed by atoms with Gasteiger partial charge in [-0.1, -0.05) is 6.42 Å². The molecule has 0 spiro atoms. The van der Waals surface area contributed by atoms with Crippen molar-refractivity contribution in [3.63, 3.8) is 0 Å². The number of halogens is 3. The predicted molar refractivity (Wildman–Crippen MR) is 109 cm³/mol. The van der Waals surface area contributed by atoms with Crippen molar-refractivity contribution in [3.8, 4) is 11.3 Å². The third kappa shape index (κ3) is 4.45. The van der Waals surface area contributed by atoms with Crippen LogP contribution in [0, 0.1) is 17.5 Å². The van der Waals surface area contributed by atoms with E-state index < -0.39 is 17.5 Å². The molecule has 3 N–H and O–H groups in total. The van der Waals surface area contributed by atoms with E-state index in [0.29, 0.717) is 16.8 Å². The second-order valence-corrected chi connectivity index (χ2v) is 7.46. The highest BCUT2D eigenvalue weighted by atomic mass is 19.1. The number of benzene rings is 2. The van der Waals surface area contributed by atoms with Gasteiger partial charge >= 0.3 is 0 Å². The van der Waals surface area contributed by atoms with E-state index in [9.17, 15) is 18.0 Å². The quantitative estimate of drug-likeness (QED) is 0.509. The Morgan fingerprint density at radius 3 is 2.32 bits per heavy atom. The predicted octanol–water partition coefficient (Wildman–Crippen LogP) is 4.28. The van der Waals surface area contributed by atoms with Crippen LogP contribution in [0.4, 0.5) is 13.2 Å². The lowest BCUT2D eigenvalue weighted by Gasteiger charge is -2.26. The standard InChI is InChI=1S/C18H14F3N.C4H6N4O/c19-12-6-4-11(5-7-12)17-16(10-2-1-3-10)14-8-13(20)9-15(21)18(14)22-17;5-4(9)1-8-2-6-7-3-8/h4-10,22H,1-3H2;2-3H,1H2,(H2,5,9). The zero-order chi connectivity index (χ0) is 22.0. The van der Waals surface area contributed by atoms with Gasteiger partial charge in [0.2, 0.25) is 5.91 Å². The lowest BCUT2D eigenvalue weighted by atomic mass is 9.78. The molecule has 0 radical (unpaired) electrons. The number of rotatable bonds is 4. The zero-order valence-corrected chi connectivity index (χ0v) is 16.5. The van der Waals surface area contributed by atoms with Gasteiger partial charge in [-0.3, -0.25) is 4.79 Å². The summed E-state index contributed by atoms with van der Waals surface area (Å²) in [6, 6.07) is 8.35. The first-order valence-electron chi connectivity index (χ1n) is 9.79. The van der Waals surface area contributed by atoms with Gasteiger partial charge in [0.25, 0.3) is 0 Å². The first-order valence-corrected chi connectivity index (χ1v) is 9.79. The maximum atomic E-state index is 14.1. The molecule has 1 fully saturated rings. The van der Waals surface area contributed by atoms with Gasteiger partial charge < -0.3 is 15.3 Å². The number of fused-ring (bicyclic) bond motifs is 1. The number of amides is 1.